The van der Waals surface area contributed by atoms with E-state index in [0.717, 1.165) is 0 Å². The molecule has 128 valence electrons. The van der Waals surface area contributed by atoms with E-state index in [2.05, 4.69) is 14.9 Å². The molecule has 0 spiro atoms. The van der Waals surface area contributed by atoms with Crippen LogP contribution < -0.4 is 14.2 Å². The number of benzene rings is 2. The predicted octanol–water partition coefficient (Wildman–Crippen LogP) is 4.03. The number of alkyl halides is 3. The maximum absolute atomic E-state index is 12.2. The van der Waals surface area contributed by atoms with Gasteiger partial charge in [0.2, 0.25) is 12.6 Å². The highest BCUT2D eigenvalue weighted by Gasteiger charge is 2.31. The molecular weight excluding hydrogens is 341 g/mol. The van der Waals surface area contributed by atoms with Gasteiger partial charge in [0.25, 0.3) is 5.89 Å². The van der Waals surface area contributed by atoms with Crippen molar-refractivity contribution in [3.63, 3.8) is 0 Å². The topological polar surface area (TPSA) is 66.6 Å². The van der Waals surface area contributed by atoms with E-state index in [-0.39, 0.29) is 24.3 Å². The van der Waals surface area contributed by atoms with Crippen LogP contribution in [-0.2, 0) is 0 Å². The number of halogens is 3. The van der Waals surface area contributed by atoms with Crippen molar-refractivity contribution < 1.29 is 31.9 Å². The van der Waals surface area contributed by atoms with E-state index in [1.807, 2.05) is 0 Å². The summed E-state index contributed by atoms with van der Waals surface area (Å²) in [5, 5.41) is 3.84. The highest BCUT2D eigenvalue weighted by molar-refractivity contribution is 5.63. The lowest BCUT2D eigenvalue weighted by atomic mass is 10.2. The van der Waals surface area contributed by atoms with Crippen molar-refractivity contribution in [3.8, 4) is 40.1 Å². The Hall–Kier alpha value is -3.23. The molecule has 0 saturated carbocycles. The summed E-state index contributed by atoms with van der Waals surface area (Å²) < 4.78 is 56.1. The van der Waals surface area contributed by atoms with Crippen LogP contribution in [0.25, 0.3) is 22.8 Å². The number of aromatic nitrogens is 2. The molecule has 1 aliphatic rings. The van der Waals surface area contributed by atoms with Gasteiger partial charge in [-0.25, -0.2) is 0 Å². The van der Waals surface area contributed by atoms with Crippen molar-refractivity contribution in [1.29, 1.82) is 0 Å². The molecule has 6 nitrogen and oxygen atoms in total. The zero-order valence-corrected chi connectivity index (χ0v) is 12.4. The Balaban J connectivity index is 1.57. The van der Waals surface area contributed by atoms with E-state index in [1.54, 1.807) is 18.2 Å². The van der Waals surface area contributed by atoms with E-state index in [9.17, 15) is 13.2 Å². The van der Waals surface area contributed by atoms with Gasteiger partial charge in [0.1, 0.15) is 5.75 Å². The number of hydrogen-bond acceptors (Lipinski definition) is 6. The summed E-state index contributed by atoms with van der Waals surface area (Å²) in [7, 11) is 0. The van der Waals surface area contributed by atoms with Gasteiger partial charge in [0, 0.05) is 11.1 Å². The first-order chi connectivity index (χ1) is 12.0. The van der Waals surface area contributed by atoms with E-state index < -0.39 is 6.36 Å². The summed E-state index contributed by atoms with van der Waals surface area (Å²) in [6.07, 6.45) is -4.74. The summed E-state index contributed by atoms with van der Waals surface area (Å²) in [4.78, 5) is 4.24. The summed E-state index contributed by atoms with van der Waals surface area (Å²) in [5.41, 5.74) is 1.13. The lowest BCUT2D eigenvalue weighted by molar-refractivity contribution is -0.274. The summed E-state index contributed by atoms with van der Waals surface area (Å²) in [6, 6.07) is 10.4. The molecule has 3 aromatic rings. The number of nitrogens with zero attached hydrogens (tertiary/aromatic N) is 2. The van der Waals surface area contributed by atoms with Crippen LogP contribution in [-0.4, -0.2) is 23.3 Å². The van der Waals surface area contributed by atoms with Crippen LogP contribution in [0.3, 0.4) is 0 Å². The van der Waals surface area contributed by atoms with Crippen molar-refractivity contribution in [2.45, 2.75) is 6.36 Å². The number of fused-ring (bicyclic) bond motifs is 1. The van der Waals surface area contributed by atoms with Gasteiger partial charge in [-0.3, -0.25) is 0 Å². The summed E-state index contributed by atoms with van der Waals surface area (Å²) in [5.74, 6) is 1.38. The van der Waals surface area contributed by atoms with Crippen molar-refractivity contribution in [1.82, 2.24) is 10.1 Å². The average Bonchev–Trinajstić information content (AvgIpc) is 3.22. The van der Waals surface area contributed by atoms with Crippen molar-refractivity contribution >= 4 is 0 Å². The molecular formula is C16H9F3N2O4. The molecule has 0 N–H and O–H groups in total. The Morgan fingerprint density at radius 1 is 0.920 bits per heavy atom. The van der Waals surface area contributed by atoms with Crippen LogP contribution in [0.2, 0.25) is 0 Å². The molecule has 4 rings (SSSR count). The second kappa shape index (κ2) is 5.69. The lowest BCUT2D eigenvalue weighted by Crippen LogP contribution is -2.16. The smallest absolute Gasteiger partial charge is 0.454 e. The number of ether oxygens (including phenoxy) is 3. The van der Waals surface area contributed by atoms with Gasteiger partial charge in [-0.05, 0) is 42.5 Å². The summed E-state index contributed by atoms with van der Waals surface area (Å²) in [6.45, 7) is 0.153. The largest absolute Gasteiger partial charge is 0.573 e. The molecule has 25 heavy (non-hydrogen) atoms. The molecule has 0 unspecified atom stereocenters. The second-order valence-corrected chi connectivity index (χ2v) is 5.06. The van der Waals surface area contributed by atoms with Crippen molar-refractivity contribution in [3.05, 3.63) is 42.5 Å². The molecule has 0 radical (unpaired) electrons. The van der Waals surface area contributed by atoms with E-state index in [4.69, 9.17) is 14.0 Å². The third-order valence-corrected chi connectivity index (χ3v) is 3.39. The standard InChI is InChI=1S/C16H9F3N2O4/c17-16(18,19)24-11-4-1-9(2-5-11)14-20-15(25-21-14)10-3-6-12-13(7-10)23-8-22-12/h1-7H,8H2. The number of rotatable bonds is 3. The molecule has 0 saturated heterocycles. The van der Waals surface area contributed by atoms with E-state index in [1.165, 1.54) is 24.3 Å². The Morgan fingerprint density at radius 3 is 2.40 bits per heavy atom. The van der Waals surface area contributed by atoms with Crippen LogP contribution in [0, 0.1) is 0 Å². The first kappa shape index (κ1) is 15.3. The minimum Gasteiger partial charge on any atom is -0.454 e. The fourth-order valence-electron chi connectivity index (χ4n) is 2.29. The molecule has 0 fully saturated rings. The predicted molar refractivity (Wildman–Crippen MR) is 78.0 cm³/mol. The van der Waals surface area contributed by atoms with Gasteiger partial charge in [0.15, 0.2) is 11.5 Å². The first-order valence-electron chi connectivity index (χ1n) is 7.08. The van der Waals surface area contributed by atoms with E-state index >= 15 is 0 Å². The molecule has 0 amide bonds. The zero-order chi connectivity index (χ0) is 17.4. The minimum absolute atomic E-state index is 0.153. The molecule has 0 aliphatic carbocycles. The highest BCUT2D eigenvalue weighted by Crippen LogP contribution is 2.36. The van der Waals surface area contributed by atoms with Gasteiger partial charge < -0.3 is 18.7 Å². The SMILES string of the molecule is FC(F)(F)Oc1ccc(-c2noc(-c3ccc4c(c3)OCO4)n2)cc1. The fourth-order valence-corrected chi connectivity index (χ4v) is 2.29. The highest BCUT2D eigenvalue weighted by atomic mass is 19.4. The number of hydrogen-bond donors (Lipinski definition) is 0. The lowest BCUT2D eigenvalue weighted by Gasteiger charge is -2.08. The molecule has 2 aromatic carbocycles. The normalized spacial score (nSPS) is 13.1. The van der Waals surface area contributed by atoms with Crippen molar-refractivity contribution in [2.75, 3.05) is 6.79 Å². The van der Waals surface area contributed by atoms with Crippen LogP contribution in [0.1, 0.15) is 0 Å². The quantitative estimate of drug-likeness (QED) is 0.710. The van der Waals surface area contributed by atoms with E-state index in [0.29, 0.717) is 22.6 Å². The second-order valence-electron chi connectivity index (χ2n) is 5.06. The maximum Gasteiger partial charge on any atom is 0.573 e. The Labute approximate surface area is 138 Å². The van der Waals surface area contributed by atoms with Crippen LogP contribution in [0.4, 0.5) is 13.2 Å². The van der Waals surface area contributed by atoms with Gasteiger partial charge in [-0.2, -0.15) is 4.98 Å². The van der Waals surface area contributed by atoms with Gasteiger partial charge in [0.05, 0.1) is 0 Å². The average molecular weight is 350 g/mol. The van der Waals surface area contributed by atoms with Gasteiger partial charge in [-0.15, -0.1) is 13.2 Å². The third-order valence-electron chi connectivity index (χ3n) is 3.39. The zero-order valence-electron chi connectivity index (χ0n) is 12.4. The molecule has 0 bridgehead atoms. The molecule has 1 aromatic heterocycles. The van der Waals surface area contributed by atoms with Crippen LogP contribution in [0.5, 0.6) is 17.2 Å². The molecule has 9 heteroatoms. The Morgan fingerprint density at radius 2 is 1.64 bits per heavy atom. The molecule has 2 heterocycles. The van der Waals surface area contributed by atoms with Crippen LogP contribution in [0.15, 0.2) is 47.0 Å². The van der Waals surface area contributed by atoms with Crippen LogP contribution >= 0.6 is 0 Å². The van der Waals surface area contributed by atoms with Gasteiger partial charge >= 0.3 is 6.36 Å². The van der Waals surface area contributed by atoms with Gasteiger partial charge in [-0.1, -0.05) is 5.16 Å². The first-order valence-corrected chi connectivity index (χ1v) is 7.08. The maximum atomic E-state index is 12.2. The summed E-state index contributed by atoms with van der Waals surface area (Å²) >= 11 is 0. The Bertz CT molecular complexity index is 906. The third kappa shape index (κ3) is 3.21. The molecule has 0 atom stereocenters. The monoisotopic (exact) mass is 350 g/mol. The molecule has 1 aliphatic heterocycles. The minimum atomic E-state index is -4.74. The fraction of sp³-hybridized carbons (Fsp3) is 0.125. The Kier molecular flexibility index (Phi) is 3.48. The van der Waals surface area contributed by atoms with Crippen molar-refractivity contribution in [2.24, 2.45) is 0 Å².